The van der Waals surface area contributed by atoms with Crippen LogP contribution in [0, 0.1) is 0 Å². The topological polar surface area (TPSA) is 56.2 Å². The van der Waals surface area contributed by atoms with E-state index in [9.17, 15) is 18.0 Å². The number of aromatic nitrogens is 1. The molecule has 0 atom stereocenters. The molecular formula is C19H19F3N3O3+. The maximum absolute atomic E-state index is 12.8. The van der Waals surface area contributed by atoms with Gasteiger partial charge in [-0.2, -0.15) is 13.2 Å². The zero-order valence-electron chi connectivity index (χ0n) is 15.0. The molecule has 1 amide bonds. The summed E-state index contributed by atoms with van der Waals surface area (Å²) in [7, 11) is 0. The van der Waals surface area contributed by atoms with Crippen molar-refractivity contribution in [1.82, 2.24) is 4.90 Å². The number of carbonyl (C=O) groups excluding carboxylic acids is 1. The minimum absolute atomic E-state index is 0.104. The lowest BCUT2D eigenvalue weighted by Gasteiger charge is -2.31. The van der Waals surface area contributed by atoms with E-state index in [1.54, 1.807) is 23.1 Å². The SMILES string of the molecule is O=C(c1ccc2c(c1)OCCO2)N1CCN(c2ccc(C(F)(F)F)c[nH+]2)CC1. The first-order valence-corrected chi connectivity index (χ1v) is 8.94. The van der Waals surface area contributed by atoms with Crippen molar-refractivity contribution < 1.29 is 32.4 Å². The molecule has 0 saturated carbocycles. The number of hydrogen-bond donors (Lipinski definition) is 0. The van der Waals surface area contributed by atoms with Crippen molar-refractivity contribution in [3.63, 3.8) is 0 Å². The third kappa shape index (κ3) is 3.69. The molecule has 1 aromatic heterocycles. The molecule has 2 aromatic rings. The van der Waals surface area contributed by atoms with Crippen LogP contribution in [0.1, 0.15) is 15.9 Å². The highest BCUT2D eigenvalue weighted by Crippen LogP contribution is 2.31. The number of nitrogens with zero attached hydrogens (tertiary/aromatic N) is 2. The van der Waals surface area contributed by atoms with E-state index in [2.05, 4.69) is 4.98 Å². The molecule has 9 heteroatoms. The lowest BCUT2D eigenvalue weighted by Crippen LogP contribution is -2.50. The standard InChI is InChI=1S/C19H18F3N3O3/c20-19(21,22)14-2-4-17(23-12-14)24-5-7-25(8-6-24)18(26)13-1-3-15-16(11-13)28-10-9-27-15/h1-4,11-12H,5-10H2/p+1. The van der Waals surface area contributed by atoms with Crippen molar-refractivity contribution in [3.8, 4) is 11.5 Å². The van der Waals surface area contributed by atoms with Crippen LogP contribution in [-0.4, -0.2) is 50.2 Å². The number of rotatable bonds is 2. The molecule has 28 heavy (non-hydrogen) atoms. The van der Waals surface area contributed by atoms with Gasteiger partial charge in [0.05, 0.1) is 18.7 Å². The Morgan fingerprint density at radius 3 is 2.32 bits per heavy atom. The number of ether oxygens (including phenoxy) is 2. The number of pyridine rings is 1. The van der Waals surface area contributed by atoms with Gasteiger partial charge in [0.2, 0.25) is 0 Å². The summed E-state index contributed by atoms with van der Waals surface area (Å²) in [6, 6.07) is 7.60. The second-order valence-electron chi connectivity index (χ2n) is 6.60. The minimum Gasteiger partial charge on any atom is -0.486 e. The maximum atomic E-state index is 12.8. The third-order valence-electron chi connectivity index (χ3n) is 4.82. The number of piperazine rings is 1. The second kappa shape index (κ2) is 7.21. The number of alkyl halides is 3. The van der Waals surface area contributed by atoms with Crippen molar-refractivity contribution in [1.29, 1.82) is 0 Å². The highest BCUT2D eigenvalue weighted by molar-refractivity contribution is 5.95. The van der Waals surface area contributed by atoms with Crippen LogP contribution in [0.5, 0.6) is 11.5 Å². The van der Waals surface area contributed by atoms with Crippen LogP contribution in [0.15, 0.2) is 36.5 Å². The van der Waals surface area contributed by atoms with Gasteiger partial charge in [-0.3, -0.25) is 9.69 Å². The molecule has 0 radical (unpaired) electrons. The van der Waals surface area contributed by atoms with E-state index < -0.39 is 11.7 Å². The molecule has 1 saturated heterocycles. The zero-order valence-corrected chi connectivity index (χ0v) is 15.0. The van der Waals surface area contributed by atoms with Gasteiger partial charge >= 0.3 is 6.18 Å². The van der Waals surface area contributed by atoms with Gasteiger partial charge in [0.25, 0.3) is 11.7 Å². The fourth-order valence-electron chi connectivity index (χ4n) is 3.30. The zero-order chi connectivity index (χ0) is 19.7. The molecule has 3 heterocycles. The summed E-state index contributed by atoms with van der Waals surface area (Å²) in [6.07, 6.45) is -3.41. The Balaban J connectivity index is 1.39. The lowest BCUT2D eigenvalue weighted by molar-refractivity contribution is -0.367. The predicted octanol–water partition coefficient (Wildman–Crippen LogP) is 2.25. The van der Waals surface area contributed by atoms with E-state index in [4.69, 9.17) is 9.47 Å². The molecule has 0 bridgehead atoms. The van der Waals surface area contributed by atoms with Gasteiger partial charge in [0.15, 0.2) is 11.5 Å². The van der Waals surface area contributed by atoms with E-state index in [0.29, 0.717) is 62.3 Å². The van der Waals surface area contributed by atoms with E-state index in [1.807, 2.05) is 4.90 Å². The average Bonchev–Trinajstić information content (AvgIpc) is 2.72. The maximum Gasteiger partial charge on any atom is 0.419 e. The number of H-pyrrole nitrogens is 1. The van der Waals surface area contributed by atoms with Crippen LogP contribution in [0.3, 0.4) is 0 Å². The minimum atomic E-state index is -4.37. The fraction of sp³-hybridized carbons (Fsp3) is 0.368. The first-order valence-electron chi connectivity index (χ1n) is 8.94. The van der Waals surface area contributed by atoms with Gasteiger partial charge in [-0.25, -0.2) is 4.98 Å². The Morgan fingerprint density at radius 1 is 0.964 bits per heavy atom. The number of benzene rings is 1. The predicted molar refractivity (Wildman–Crippen MR) is 93.5 cm³/mol. The van der Waals surface area contributed by atoms with Crippen LogP contribution in [0.2, 0.25) is 0 Å². The monoisotopic (exact) mass is 394 g/mol. The van der Waals surface area contributed by atoms with Gasteiger partial charge < -0.3 is 14.4 Å². The highest BCUT2D eigenvalue weighted by Gasteiger charge is 2.33. The molecule has 1 N–H and O–H groups in total. The quantitative estimate of drug-likeness (QED) is 0.784. The van der Waals surface area contributed by atoms with Gasteiger partial charge in [0, 0.05) is 11.6 Å². The van der Waals surface area contributed by atoms with E-state index >= 15 is 0 Å². The van der Waals surface area contributed by atoms with E-state index in [0.717, 1.165) is 12.3 Å². The number of hydrogen-bond acceptors (Lipinski definition) is 4. The number of anilines is 1. The van der Waals surface area contributed by atoms with Crippen LogP contribution >= 0.6 is 0 Å². The largest absolute Gasteiger partial charge is 0.486 e. The molecule has 2 aliphatic rings. The molecule has 148 valence electrons. The molecular weight excluding hydrogens is 375 g/mol. The summed E-state index contributed by atoms with van der Waals surface area (Å²) in [5, 5.41) is 0. The number of aromatic amines is 1. The molecule has 1 fully saturated rings. The Morgan fingerprint density at radius 2 is 1.68 bits per heavy atom. The summed E-state index contributed by atoms with van der Waals surface area (Å²) < 4.78 is 49.0. The Hall–Kier alpha value is -2.97. The Bertz CT molecular complexity index is 863. The summed E-state index contributed by atoms with van der Waals surface area (Å²) in [6.45, 7) is 2.94. The molecule has 0 spiro atoms. The normalized spacial score (nSPS) is 16.8. The number of carbonyl (C=O) groups is 1. The van der Waals surface area contributed by atoms with Crippen LogP contribution < -0.4 is 19.4 Å². The summed E-state index contributed by atoms with van der Waals surface area (Å²) in [5.41, 5.74) is -0.192. The van der Waals surface area contributed by atoms with Gasteiger partial charge in [-0.05, 0) is 24.3 Å². The molecule has 1 aromatic carbocycles. The second-order valence-corrected chi connectivity index (χ2v) is 6.60. The average molecular weight is 394 g/mol. The number of fused-ring (bicyclic) bond motifs is 1. The van der Waals surface area contributed by atoms with Crippen LogP contribution in [0.25, 0.3) is 0 Å². The number of nitrogens with one attached hydrogen (secondary N) is 1. The summed E-state index contributed by atoms with van der Waals surface area (Å²) >= 11 is 0. The number of halogens is 3. The fourth-order valence-corrected chi connectivity index (χ4v) is 3.30. The summed E-state index contributed by atoms with van der Waals surface area (Å²) in [5.74, 6) is 1.69. The van der Waals surface area contributed by atoms with Crippen molar-refractivity contribution in [2.75, 3.05) is 44.3 Å². The van der Waals surface area contributed by atoms with Crippen molar-refractivity contribution in [3.05, 3.63) is 47.7 Å². The third-order valence-corrected chi connectivity index (χ3v) is 4.82. The van der Waals surface area contributed by atoms with Gasteiger partial charge in [-0.15, -0.1) is 0 Å². The van der Waals surface area contributed by atoms with Crippen LogP contribution in [-0.2, 0) is 6.18 Å². The van der Waals surface area contributed by atoms with Gasteiger partial charge in [-0.1, -0.05) is 0 Å². The van der Waals surface area contributed by atoms with E-state index in [-0.39, 0.29) is 5.91 Å². The molecule has 0 aliphatic carbocycles. The van der Waals surface area contributed by atoms with Gasteiger partial charge in [0.1, 0.15) is 32.5 Å². The lowest BCUT2D eigenvalue weighted by atomic mass is 10.1. The van der Waals surface area contributed by atoms with Crippen molar-refractivity contribution in [2.24, 2.45) is 0 Å². The first-order chi connectivity index (χ1) is 13.4. The number of amides is 1. The van der Waals surface area contributed by atoms with E-state index in [1.165, 1.54) is 6.07 Å². The highest BCUT2D eigenvalue weighted by atomic mass is 19.4. The Kier molecular flexibility index (Phi) is 4.74. The molecule has 2 aliphatic heterocycles. The summed E-state index contributed by atoms with van der Waals surface area (Å²) in [4.78, 5) is 19.1. The van der Waals surface area contributed by atoms with Crippen LogP contribution in [0.4, 0.5) is 19.0 Å². The molecule has 0 unspecified atom stereocenters. The Labute approximate surface area is 159 Å². The smallest absolute Gasteiger partial charge is 0.419 e. The molecule has 4 rings (SSSR count). The molecule has 6 nitrogen and oxygen atoms in total. The first kappa shape index (κ1) is 18.4. The van der Waals surface area contributed by atoms with Crippen molar-refractivity contribution >= 4 is 11.7 Å². The van der Waals surface area contributed by atoms with Crippen molar-refractivity contribution in [2.45, 2.75) is 6.18 Å².